The van der Waals surface area contributed by atoms with Gasteiger partial charge in [-0.15, -0.1) is 12.4 Å². The van der Waals surface area contributed by atoms with Crippen molar-refractivity contribution in [3.8, 4) is 0 Å². The molecule has 6 N–H and O–H groups in total. The smallest absolute Gasteiger partial charge is 0.316 e. The number of anilines is 2. The summed E-state index contributed by atoms with van der Waals surface area (Å²) >= 11 is 0. The zero-order valence-electron chi connectivity index (χ0n) is 11.6. The van der Waals surface area contributed by atoms with Crippen LogP contribution in [0.2, 0.25) is 0 Å². The van der Waals surface area contributed by atoms with Crippen LogP contribution >= 0.6 is 12.4 Å². The molecule has 112 valence electrons. The van der Waals surface area contributed by atoms with E-state index in [1.54, 1.807) is 24.3 Å². The summed E-state index contributed by atoms with van der Waals surface area (Å²) in [7, 11) is 0. The molecule has 1 aromatic rings. The van der Waals surface area contributed by atoms with E-state index in [-0.39, 0.29) is 18.3 Å². The fraction of sp³-hybridized carbons (Fsp3) is 0.385. The van der Waals surface area contributed by atoms with E-state index in [0.29, 0.717) is 23.7 Å². The third kappa shape index (κ3) is 6.40. The van der Waals surface area contributed by atoms with Crippen LogP contribution in [0.25, 0.3) is 0 Å². The number of carbonyl (C=O) groups excluding carboxylic acids is 2. The molecule has 0 fully saturated rings. The number of primary amides is 1. The van der Waals surface area contributed by atoms with Crippen molar-refractivity contribution in [2.75, 3.05) is 10.6 Å². The van der Waals surface area contributed by atoms with Crippen LogP contribution in [0, 0.1) is 5.92 Å². The van der Waals surface area contributed by atoms with Gasteiger partial charge in [0.1, 0.15) is 0 Å². The Morgan fingerprint density at radius 1 is 1.20 bits per heavy atom. The molecule has 0 unspecified atom stereocenters. The van der Waals surface area contributed by atoms with Gasteiger partial charge in [0.15, 0.2) is 0 Å². The van der Waals surface area contributed by atoms with Gasteiger partial charge in [-0.05, 0) is 30.5 Å². The third-order valence-electron chi connectivity index (χ3n) is 2.46. The lowest BCUT2D eigenvalue weighted by Crippen LogP contribution is -2.36. The van der Waals surface area contributed by atoms with E-state index in [9.17, 15) is 9.59 Å². The molecule has 0 radical (unpaired) electrons. The quantitative estimate of drug-likeness (QED) is 0.666. The summed E-state index contributed by atoms with van der Waals surface area (Å²) in [5.74, 6) is 0.105. The average Bonchev–Trinajstić information content (AvgIpc) is 2.27. The molecule has 0 aliphatic heterocycles. The molecule has 0 aliphatic rings. The molecule has 7 heteroatoms. The predicted molar refractivity (Wildman–Crippen MR) is 83.0 cm³/mol. The SMILES string of the molecule is CC(C)C[C@H](N)C(=O)Nc1cccc(NC(N)=O)c1.Cl. The number of nitrogens with two attached hydrogens (primary N) is 2. The summed E-state index contributed by atoms with van der Waals surface area (Å²) in [5, 5.41) is 5.14. The van der Waals surface area contributed by atoms with Crippen molar-refractivity contribution in [3.05, 3.63) is 24.3 Å². The lowest BCUT2D eigenvalue weighted by Gasteiger charge is -2.14. The molecular formula is C13H21ClN4O2. The Labute approximate surface area is 124 Å². The van der Waals surface area contributed by atoms with E-state index in [1.165, 1.54) is 0 Å². The van der Waals surface area contributed by atoms with Gasteiger partial charge in [-0.1, -0.05) is 19.9 Å². The zero-order chi connectivity index (χ0) is 14.4. The van der Waals surface area contributed by atoms with Crippen LogP contribution in [0.3, 0.4) is 0 Å². The Morgan fingerprint density at radius 2 is 1.75 bits per heavy atom. The maximum atomic E-state index is 11.8. The van der Waals surface area contributed by atoms with E-state index in [1.807, 2.05) is 13.8 Å². The van der Waals surface area contributed by atoms with E-state index in [2.05, 4.69) is 10.6 Å². The molecular weight excluding hydrogens is 280 g/mol. The molecule has 0 saturated heterocycles. The largest absolute Gasteiger partial charge is 0.351 e. The first-order chi connectivity index (χ1) is 8.88. The second kappa shape index (κ2) is 8.39. The molecule has 0 aliphatic carbocycles. The van der Waals surface area contributed by atoms with Crippen molar-refractivity contribution in [2.45, 2.75) is 26.3 Å². The van der Waals surface area contributed by atoms with E-state index in [4.69, 9.17) is 11.5 Å². The number of halogens is 1. The average molecular weight is 301 g/mol. The van der Waals surface area contributed by atoms with Gasteiger partial charge < -0.3 is 22.1 Å². The highest BCUT2D eigenvalue weighted by atomic mass is 35.5. The summed E-state index contributed by atoms with van der Waals surface area (Å²) in [5.41, 5.74) is 11.9. The van der Waals surface area contributed by atoms with Crippen LogP contribution in [-0.2, 0) is 4.79 Å². The molecule has 0 aromatic heterocycles. The van der Waals surface area contributed by atoms with Crippen molar-refractivity contribution in [1.29, 1.82) is 0 Å². The third-order valence-corrected chi connectivity index (χ3v) is 2.46. The molecule has 0 spiro atoms. The van der Waals surface area contributed by atoms with Crippen LogP contribution in [0.4, 0.5) is 16.2 Å². The number of carbonyl (C=O) groups is 2. The maximum absolute atomic E-state index is 11.8. The summed E-state index contributed by atoms with van der Waals surface area (Å²) in [6.07, 6.45) is 0.616. The first-order valence-electron chi connectivity index (χ1n) is 6.11. The highest BCUT2D eigenvalue weighted by Gasteiger charge is 2.15. The van der Waals surface area contributed by atoms with Crippen LogP contribution in [0.15, 0.2) is 24.3 Å². The van der Waals surface area contributed by atoms with E-state index >= 15 is 0 Å². The minimum Gasteiger partial charge on any atom is -0.351 e. The minimum atomic E-state index is -0.653. The van der Waals surface area contributed by atoms with Crippen LogP contribution in [0.1, 0.15) is 20.3 Å². The summed E-state index contributed by atoms with van der Waals surface area (Å²) in [6.45, 7) is 4.01. The minimum absolute atomic E-state index is 0. The Balaban J connectivity index is 0.00000361. The predicted octanol–water partition coefficient (Wildman–Crippen LogP) is 1.91. The number of urea groups is 1. The molecule has 1 rings (SSSR count). The second-order valence-corrected chi connectivity index (χ2v) is 4.80. The molecule has 0 saturated carbocycles. The number of benzene rings is 1. The summed E-state index contributed by atoms with van der Waals surface area (Å²) < 4.78 is 0. The van der Waals surface area contributed by atoms with Gasteiger partial charge in [-0.3, -0.25) is 4.79 Å². The summed E-state index contributed by atoms with van der Waals surface area (Å²) in [4.78, 5) is 22.6. The lowest BCUT2D eigenvalue weighted by atomic mass is 10.0. The maximum Gasteiger partial charge on any atom is 0.316 e. The van der Waals surface area contributed by atoms with Gasteiger partial charge in [0, 0.05) is 11.4 Å². The van der Waals surface area contributed by atoms with Gasteiger partial charge in [-0.2, -0.15) is 0 Å². The normalized spacial score (nSPS) is 11.4. The van der Waals surface area contributed by atoms with E-state index in [0.717, 1.165) is 0 Å². The molecule has 1 aromatic carbocycles. The highest BCUT2D eigenvalue weighted by molar-refractivity contribution is 5.95. The van der Waals surface area contributed by atoms with Crippen molar-refractivity contribution in [2.24, 2.45) is 17.4 Å². The Bertz CT molecular complexity index is 465. The zero-order valence-corrected chi connectivity index (χ0v) is 12.4. The topological polar surface area (TPSA) is 110 Å². The number of amides is 3. The first kappa shape index (κ1) is 18.2. The fourth-order valence-corrected chi connectivity index (χ4v) is 1.67. The Kier molecular flexibility index (Phi) is 7.64. The molecule has 0 heterocycles. The van der Waals surface area contributed by atoms with Crippen LogP contribution in [-0.4, -0.2) is 18.0 Å². The highest BCUT2D eigenvalue weighted by Crippen LogP contribution is 2.15. The van der Waals surface area contributed by atoms with Gasteiger partial charge in [0.2, 0.25) is 5.91 Å². The van der Waals surface area contributed by atoms with Gasteiger partial charge >= 0.3 is 6.03 Å². The van der Waals surface area contributed by atoms with Crippen molar-refractivity contribution >= 4 is 35.7 Å². The van der Waals surface area contributed by atoms with Crippen LogP contribution in [0.5, 0.6) is 0 Å². The van der Waals surface area contributed by atoms with Gasteiger partial charge in [0.25, 0.3) is 0 Å². The summed E-state index contributed by atoms with van der Waals surface area (Å²) in [6, 6.07) is 5.51. The number of hydrogen-bond acceptors (Lipinski definition) is 3. The van der Waals surface area contributed by atoms with Crippen molar-refractivity contribution < 1.29 is 9.59 Å². The monoisotopic (exact) mass is 300 g/mol. The first-order valence-corrected chi connectivity index (χ1v) is 6.11. The van der Waals surface area contributed by atoms with Crippen molar-refractivity contribution in [3.63, 3.8) is 0 Å². The number of nitrogens with one attached hydrogen (secondary N) is 2. The fourth-order valence-electron chi connectivity index (χ4n) is 1.67. The number of hydrogen-bond donors (Lipinski definition) is 4. The molecule has 20 heavy (non-hydrogen) atoms. The van der Waals surface area contributed by atoms with Gasteiger partial charge in [-0.25, -0.2) is 4.79 Å². The second-order valence-electron chi connectivity index (χ2n) is 4.80. The Hall–Kier alpha value is -1.79. The molecule has 1 atom stereocenters. The van der Waals surface area contributed by atoms with Crippen LogP contribution < -0.4 is 22.1 Å². The standard InChI is InChI=1S/C13H20N4O2.ClH/c1-8(2)6-11(14)12(18)16-9-4-3-5-10(7-9)17-13(15)19;/h3-5,7-8,11H,6,14H2,1-2H3,(H,16,18)(H3,15,17,19);1H/t11-;/m0./s1. The number of rotatable bonds is 5. The molecule has 6 nitrogen and oxygen atoms in total. The van der Waals surface area contributed by atoms with Gasteiger partial charge in [0.05, 0.1) is 6.04 Å². The Morgan fingerprint density at radius 3 is 2.25 bits per heavy atom. The molecule has 0 bridgehead atoms. The van der Waals surface area contributed by atoms with E-state index < -0.39 is 12.1 Å². The molecule has 3 amide bonds. The van der Waals surface area contributed by atoms with Crippen molar-refractivity contribution in [1.82, 2.24) is 0 Å². The lowest BCUT2D eigenvalue weighted by molar-refractivity contribution is -0.117.